The number of halogens is 2. The van der Waals surface area contributed by atoms with E-state index >= 15 is 8.78 Å². The number of thiophene rings is 1. The monoisotopic (exact) mass is 676 g/mol. The van der Waals surface area contributed by atoms with Crippen LogP contribution in [0.5, 0.6) is 0 Å². The van der Waals surface area contributed by atoms with E-state index in [1.165, 1.54) is 0 Å². The maximum absolute atomic E-state index is 16.9. The normalized spacial score (nSPS) is 19.0. The standard InChI is InChI=1S/C34H38F2N8O3S/c1-18(2)42-8-10-43(11-9-42)19-6-7-44(15-19)32-39-13-21-22-16-46-17-23(22)25(27(36)28(21)40-32)29-26-20(12-37)31(41-33(45)47-34(3,4)5)48-30(26)24(35)14-38-29/h13-14,18-19H,6-11,15-17H2,1-5H3,(H,41,45)/t19-/m1/s1. The van der Waals surface area contributed by atoms with E-state index in [9.17, 15) is 10.1 Å². The number of carbonyl (C=O) groups is 1. The number of piperazine rings is 1. The van der Waals surface area contributed by atoms with Crippen molar-refractivity contribution in [3.63, 3.8) is 0 Å². The molecule has 6 heterocycles. The van der Waals surface area contributed by atoms with Crippen LogP contribution in [0.3, 0.4) is 0 Å². The topological polar surface area (TPSA) is 120 Å². The summed E-state index contributed by atoms with van der Waals surface area (Å²) < 4.78 is 43.4. The molecule has 0 spiro atoms. The number of amides is 1. The smallest absolute Gasteiger partial charge is 0.412 e. The first-order valence-electron chi connectivity index (χ1n) is 16.3. The Hall–Kier alpha value is -4.03. The lowest BCUT2D eigenvalue weighted by molar-refractivity contribution is 0.0636. The van der Waals surface area contributed by atoms with E-state index in [0.717, 1.165) is 68.8 Å². The van der Waals surface area contributed by atoms with Crippen LogP contribution < -0.4 is 10.2 Å². The minimum Gasteiger partial charge on any atom is -0.444 e. The molecular formula is C34H38F2N8O3S. The van der Waals surface area contributed by atoms with Gasteiger partial charge in [-0.05, 0) is 52.2 Å². The SMILES string of the molecule is CC(C)N1CCN([C@@H]2CCN(c3ncc4c5c(c(-c6ncc(F)c7sc(NC(=O)OC(C)(C)C)c(C#N)c67)c(F)c4n3)COC5)C2)CC1. The van der Waals surface area contributed by atoms with Crippen molar-refractivity contribution < 1.29 is 23.0 Å². The van der Waals surface area contributed by atoms with E-state index in [1.807, 2.05) is 0 Å². The summed E-state index contributed by atoms with van der Waals surface area (Å²) in [7, 11) is 0. The first kappa shape index (κ1) is 32.5. The van der Waals surface area contributed by atoms with Crippen molar-refractivity contribution in [2.24, 2.45) is 0 Å². The number of benzene rings is 1. The fraction of sp³-hybridized carbons (Fsp3) is 0.500. The molecule has 0 saturated carbocycles. The van der Waals surface area contributed by atoms with E-state index in [1.54, 1.807) is 27.0 Å². The number of anilines is 2. The lowest BCUT2D eigenvalue weighted by Crippen LogP contribution is -2.52. The van der Waals surface area contributed by atoms with Gasteiger partial charge in [-0.2, -0.15) is 5.26 Å². The van der Waals surface area contributed by atoms with Crippen molar-refractivity contribution in [3.05, 3.63) is 40.7 Å². The third-order valence-electron chi connectivity index (χ3n) is 9.36. The van der Waals surface area contributed by atoms with Crippen LogP contribution >= 0.6 is 11.3 Å². The van der Waals surface area contributed by atoms with Gasteiger partial charge in [0, 0.05) is 73.9 Å². The highest BCUT2D eigenvalue weighted by molar-refractivity contribution is 7.23. The van der Waals surface area contributed by atoms with Crippen LogP contribution in [0.25, 0.3) is 32.2 Å². The van der Waals surface area contributed by atoms with Crippen LogP contribution in [0.1, 0.15) is 57.7 Å². The van der Waals surface area contributed by atoms with Crippen LogP contribution in [0, 0.1) is 23.0 Å². The average Bonchev–Trinajstić information content (AvgIpc) is 3.80. The molecule has 1 atom stereocenters. The molecule has 0 radical (unpaired) electrons. The zero-order chi connectivity index (χ0) is 33.9. The Balaban J connectivity index is 1.27. The molecule has 4 aromatic rings. The van der Waals surface area contributed by atoms with Gasteiger partial charge in [0.15, 0.2) is 11.6 Å². The first-order valence-corrected chi connectivity index (χ1v) is 17.1. The summed E-state index contributed by atoms with van der Waals surface area (Å²) in [6, 6.07) is 2.98. The molecule has 0 bridgehead atoms. The molecule has 1 aromatic carbocycles. The van der Waals surface area contributed by atoms with Crippen LogP contribution in [0.15, 0.2) is 12.4 Å². The molecule has 2 saturated heterocycles. The van der Waals surface area contributed by atoms with E-state index < -0.39 is 23.3 Å². The zero-order valence-corrected chi connectivity index (χ0v) is 28.5. The van der Waals surface area contributed by atoms with Crippen LogP contribution in [0.2, 0.25) is 0 Å². The van der Waals surface area contributed by atoms with Gasteiger partial charge in [-0.25, -0.2) is 23.5 Å². The molecule has 3 aromatic heterocycles. The van der Waals surface area contributed by atoms with E-state index in [2.05, 4.69) is 49.9 Å². The van der Waals surface area contributed by atoms with Crippen molar-refractivity contribution in [2.45, 2.75) is 71.9 Å². The van der Waals surface area contributed by atoms with Gasteiger partial charge in [0.25, 0.3) is 0 Å². The second-order valence-electron chi connectivity index (χ2n) is 13.8. The third kappa shape index (κ3) is 5.83. The fourth-order valence-electron chi connectivity index (χ4n) is 6.99. The van der Waals surface area contributed by atoms with Gasteiger partial charge in [0.05, 0.1) is 35.4 Å². The Bertz CT molecular complexity index is 1960. The summed E-state index contributed by atoms with van der Waals surface area (Å²) in [5.74, 6) is -0.889. The van der Waals surface area contributed by atoms with Crippen LogP contribution in [-0.2, 0) is 22.7 Å². The van der Waals surface area contributed by atoms with Gasteiger partial charge >= 0.3 is 6.09 Å². The second kappa shape index (κ2) is 12.5. The Morgan fingerprint density at radius 3 is 2.58 bits per heavy atom. The minimum atomic E-state index is -0.794. The average molecular weight is 677 g/mol. The highest BCUT2D eigenvalue weighted by Crippen LogP contribution is 2.46. The van der Waals surface area contributed by atoms with Crippen molar-refractivity contribution in [1.29, 1.82) is 5.26 Å². The molecule has 0 aliphatic carbocycles. The molecule has 11 nitrogen and oxygen atoms in total. The molecule has 14 heteroatoms. The number of aromatic nitrogens is 3. The zero-order valence-electron chi connectivity index (χ0n) is 27.7. The fourth-order valence-corrected chi connectivity index (χ4v) is 8.03. The lowest BCUT2D eigenvalue weighted by atomic mass is 9.94. The summed E-state index contributed by atoms with van der Waals surface area (Å²) in [6.07, 6.45) is 2.85. The predicted molar refractivity (Wildman–Crippen MR) is 180 cm³/mol. The number of hydrogen-bond donors (Lipinski definition) is 1. The van der Waals surface area contributed by atoms with Gasteiger partial charge in [-0.1, -0.05) is 0 Å². The molecule has 3 aliphatic heterocycles. The summed E-state index contributed by atoms with van der Waals surface area (Å²) in [5.41, 5.74) is 0.763. The maximum atomic E-state index is 16.9. The number of fused-ring (bicyclic) bond motifs is 4. The van der Waals surface area contributed by atoms with E-state index in [4.69, 9.17) is 14.5 Å². The predicted octanol–water partition coefficient (Wildman–Crippen LogP) is 6.04. The minimum absolute atomic E-state index is 0.0317. The molecule has 3 aliphatic rings. The Morgan fingerprint density at radius 2 is 1.88 bits per heavy atom. The number of nitrogens with zero attached hydrogens (tertiary/aromatic N) is 7. The number of rotatable bonds is 5. The molecule has 1 N–H and O–H groups in total. The lowest BCUT2D eigenvalue weighted by Gasteiger charge is -2.39. The van der Waals surface area contributed by atoms with E-state index in [0.29, 0.717) is 29.0 Å². The van der Waals surface area contributed by atoms with Crippen molar-refractivity contribution in [2.75, 3.05) is 49.5 Å². The number of ether oxygens (including phenoxy) is 2. The van der Waals surface area contributed by atoms with Gasteiger partial charge in [-0.3, -0.25) is 20.1 Å². The van der Waals surface area contributed by atoms with Gasteiger partial charge < -0.3 is 14.4 Å². The number of nitrogens with one attached hydrogen (secondary N) is 1. The van der Waals surface area contributed by atoms with Crippen molar-refractivity contribution >= 4 is 49.4 Å². The second-order valence-corrected chi connectivity index (χ2v) is 14.8. The first-order chi connectivity index (χ1) is 22.9. The number of pyridine rings is 1. The molecule has 48 heavy (non-hydrogen) atoms. The van der Waals surface area contributed by atoms with Gasteiger partial charge in [0.2, 0.25) is 5.95 Å². The summed E-state index contributed by atoms with van der Waals surface area (Å²) in [4.78, 5) is 33.5. The number of nitriles is 1. The van der Waals surface area contributed by atoms with E-state index in [-0.39, 0.29) is 50.6 Å². The molecule has 1 amide bonds. The summed E-state index contributed by atoms with van der Waals surface area (Å²) >= 11 is 0.871. The maximum Gasteiger partial charge on any atom is 0.412 e. The molecular weight excluding hydrogens is 638 g/mol. The molecule has 252 valence electrons. The van der Waals surface area contributed by atoms with Crippen molar-refractivity contribution in [3.8, 4) is 17.3 Å². The highest BCUT2D eigenvalue weighted by atomic mass is 32.1. The van der Waals surface area contributed by atoms with Gasteiger partial charge in [-0.15, -0.1) is 11.3 Å². The molecule has 2 fully saturated rings. The largest absolute Gasteiger partial charge is 0.444 e. The van der Waals surface area contributed by atoms with Crippen LogP contribution in [0.4, 0.5) is 24.5 Å². The van der Waals surface area contributed by atoms with Crippen LogP contribution in [-0.4, -0.2) is 87.8 Å². The van der Waals surface area contributed by atoms with Gasteiger partial charge in [0.1, 0.15) is 22.2 Å². The summed E-state index contributed by atoms with van der Waals surface area (Å²) in [5, 5.41) is 13.5. The Labute approximate surface area is 281 Å². The summed E-state index contributed by atoms with van der Waals surface area (Å²) in [6.45, 7) is 15.6. The molecule has 7 rings (SSSR count). The number of carbonyl (C=O) groups excluding carboxylic acids is 1. The highest BCUT2D eigenvalue weighted by Gasteiger charge is 2.34. The quantitative estimate of drug-likeness (QED) is 0.268. The van der Waals surface area contributed by atoms with Crippen molar-refractivity contribution in [1.82, 2.24) is 24.8 Å². The Kier molecular flexibility index (Phi) is 8.43. The molecule has 0 unspecified atom stereocenters. The Morgan fingerprint density at radius 1 is 1.12 bits per heavy atom. The third-order valence-corrected chi connectivity index (χ3v) is 10.5. The number of hydrogen-bond acceptors (Lipinski definition) is 11.